The zero-order valence-electron chi connectivity index (χ0n) is 13.4. The van der Waals surface area contributed by atoms with Gasteiger partial charge in [0.05, 0.1) is 23.8 Å². The maximum atomic E-state index is 12.6. The first-order valence-corrected chi connectivity index (χ1v) is 7.87. The summed E-state index contributed by atoms with van der Waals surface area (Å²) in [5, 5.41) is 12.2. The van der Waals surface area contributed by atoms with Crippen molar-refractivity contribution < 1.29 is 28.6 Å². The standard InChI is InChI=1S/C16H20N2O6/c1-10(17-13(19)11-2-4-23-7-11)14(20)18-6-12-8-24-5-3-16(12,9-18)15(21)22/h2,4,7,10,12H,3,5-6,8-9H2,1H3,(H,17,19)(H,21,22)/t10?,12-,16+/m0/s1. The van der Waals surface area contributed by atoms with Gasteiger partial charge in [0.2, 0.25) is 5.91 Å². The molecular weight excluding hydrogens is 316 g/mol. The van der Waals surface area contributed by atoms with Crippen LogP contribution < -0.4 is 5.32 Å². The van der Waals surface area contributed by atoms with Gasteiger partial charge in [-0.2, -0.15) is 0 Å². The van der Waals surface area contributed by atoms with Gasteiger partial charge >= 0.3 is 5.97 Å². The van der Waals surface area contributed by atoms with Crippen LogP contribution in [0.15, 0.2) is 23.0 Å². The van der Waals surface area contributed by atoms with Crippen molar-refractivity contribution in [3.05, 3.63) is 24.2 Å². The number of furan rings is 1. The fourth-order valence-electron chi connectivity index (χ4n) is 3.48. The molecule has 0 aromatic carbocycles. The number of carboxylic acid groups (broad SMARTS) is 1. The third-order valence-corrected chi connectivity index (χ3v) is 4.95. The van der Waals surface area contributed by atoms with Gasteiger partial charge in [0.1, 0.15) is 12.3 Å². The summed E-state index contributed by atoms with van der Waals surface area (Å²) in [4.78, 5) is 37.9. The first-order chi connectivity index (χ1) is 11.4. The minimum atomic E-state index is -0.942. The van der Waals surface area contributed by atoms with E-state index in [4.69, 9.17) is 9.15 Å². The van der Waals surface area contributed by atoms with Crippen LogP contribution in [0.25, 0.3) is 0 Å². The van der Waals surface area contributed by atoms with Crippen LogP contribution in [-0.4, -0.2) is 60.1 Å². The van der Waals surface area contributed by atoms with Gasteiger partial charge in [-0.3, -0.25) is 14.4 Å². The lowest BCUT2D eigenvalue weighted by Gasteiger charge is -2.33. The summed E-state index contributed by atoms with van der Waals surface area (Å²) in [5.41, 5.74) is -0.609. The maximum Gasteiger partial charge on any atom is 0.311 e. The van der Waals surface area contributed by atoms with Crippen LogP contribution in [-0.2, 0) is 14.3 Å². The molecule has 0 radical (unpaired) electrons. The van der Waals surface area contributed by atoms with Crippen molar-refractivity contribution >= 4 is 17.8 Å². The Morgan fingerprint density at radius 1 is 1.46 bits per heavy atom. The number of nitrogens with zero attached hydrogens (tertiary/aromatic N) is 1. The average Bonchev–Trinajstić information content (AvgIpc) is 3.21. The molecule has 1 aromatic heterocycles. The molecule has 2 amide bonds. The number of ether oxygens (including phenoxy) is 1. The number of hydrogen-bond donors (Lipinski definition) is 2. The molecule has 0 bridgehead atoms. The quantitative estimate of drug-likeness (QED) is 0.821. The van der Waals surface area contributed by atoms with E-state index in [0.29, 0.717) is 31.7 Å². The number of hydrogen-bond acceptors (Lipinski definition) is 5. The summed E-state index contributed by atoms with van der Waals surface area (Å²) in [5.74, 6) is -1.80. The number of carbonyl (C=O) groups excluding carboxylic acids is 2. The summed E-state index contributed by atoms with van der Waals surface area (Å²) in [7, 11) is 0. The number of amides is 2. The monoisotopic (exact) mass is 336 g/mol. The Labute approximate surface area is 138 Å². The second kappa shape index (κ2) is 6.27. The average molecular weight is 336 g/mol. The van der Waals surface area contributed by atoms with E-state index in [2.05, 4.69) is 5.32 Å². The zero-order chi connectivity index (χ0) is 17.3. The highest BCUT2D eigenvalue weighted by molar-refractivity contribution is 5.97. The highest BCUT2D eigenvalue weighted by atomic mass is 16.5. The summed E-state index contributed by atoms with van der Waals surface area (Å²) >= 11 is 0. The molecule has 0 aliphatic carbocycles. The molecule has 2 N–H and O–H groups in total. The fraction of sp³-hybridized carbons (Fsp3) is 0.562. The Morgan fingerprint density at radius 3 is 2.88 bits per heavy atom. The van der Waals surface area contributed by atoms with Crippen LogP contribution in [0.2, 0.25) is 0 Å². The van der Waals surface area contributed by atoms with E-state index in [1.54, 1.807) is 6.92 Å². The lowest BCUT2D eigenvalue weighted by Crippen LogP contribution is -2.48. The van der Waals surface area contributed by atoms with Crippen molar-refractivity contribution in [3.63, 3.8) is 0 Å². The molecule has 8 nitrogen and oxygen atoms in total. The molecule has 2 saturated heterocycles. The van der Waals surface area contributed by atoms with E-state index < -0.39 is 23.3 Å². The lowest BCUT2D eigenvalue weighted by atomic mass is 9.74. The van der Waals surface area contributed by atoms with E-state index >= 15 is 0 Å². The van der Waals surface area contributed by atoms with Crippen molar-refractivity contribution in [2.45, 2.75) is 19.4 Å². The molecule has 3 atom stereocenters. The lowest BCUT2D eigenvalue weighted by molar-refractivity contribution is -0.157. The summed E-state index contributed by atoms with van der Waals surface area (Å²) in [6, 6.07) is 0.757. The van der Waals surface area contributed by atoms with Gasteiger partial charge in [-0.05, 0) is 19.4 Å². The molecule has 1 aromatic rings. The molecule has 24 heavy (non-hydrogen) atoms. The van der Waals surface area contributed by atoms with Crippen LogP contribution in [0.4, 0.5) is 0 Å². The highest BCUT2D eigenvalue weighted by Crippen LogP contribution is 2.42. The van der Waals surface area contributed by atoms with Crippen LogP contribution in [0, 0.1) is 11.3 Å². The number of carboxylic acids is 1. The van der Waals surface area contributed by atoms with Gasteiger partial charge in [0, 0.05) is 25.6 Å². The molecule has 2 fully saturated rings. The molecule has 2 aliphatic heterocycles. The van der Waals surface area contributed by atoms with E-state index in [1.807, 2.05) is 0 Å². The van der Waals surface area contributed by atoms with E-state index in [9.17, 15) is 19.5 Å². The molecule has 3 rings (SSSR count). The molecule has 8 heteroatoms. The van der Waals surface area contributed by atoms with Crippen LogP contribution in [0.5, 0.6) is 0 Å². The van der Waals surface area contributed by atoms with Crippen molar-refractivity contribution in [3.8, 4) is 0 Å². The number of aliphatic carboxylic acids is 1. The number of rotatable bonds is 4. The van der Waals surface area contributed by atoms with Gasteiger partial charge < -0.3 is 24.5 Å². The molecule has 0 saturated carbocycles. The van der Waals surface area contributed by atoms with Gasteiger partial charge in [0.15, 0.2) is 0 Å². The summed E-state index contributed by atoms with van der Waals surface area (Å²) in [6.07, 6.45) is 3.07. The highest BCUT2D eigenvalue weighted by Gasteiger charge is 2.55. The van der Waals surface area contributed by atoms with Crippen LogP contribution in [0.1, 0.15) is 23.7 Å². The van der Waals surface area contributed by atoms with Gasteiger partial charge in [-0.25, -0.2) is 0 Å². The van der Waals surface area contributed by atoms with Crippen molar-refractivity contribution in [1.82, 2.24) is 10.2 Å². The minimum absolute atomic E-state index is 0.154. The third-order valence-electron chi connectivity index (χ3n) is 4.95. The SMILES string of the molecule is CC(NC(=O)c1ccoc1)C(=O)N1C[C@H]2COCC[C@@]2(C(=O)O)C1. The van der Waals surface area contributed by atoms with Crippen LogP contribution in [0.3, 0.4) is 0 Å². The normalized spacial score (nSPS) is 27.4. The molecule has 130 valence electrons. The predicted octanol–water partition coefficient (Wildman–Crippen LogP) is 0.348. The minimum Gasteiger partial charge on any atom is -0.481 e. The summed E-state index contributed by atoms with van der Waals surface area (Å²) < 4.78 is 10.2. The van der Waals surface area contributed by atoms with E-state index in [0.717, 1.165) is 0 Å². The molecular formula is C16H20N2O6. The van der Waals surface area contributed by atoms with E-state index in [-0.39, 0.29) is 18.4 Å². The van der Waals surface area contributed by atoms with Gasteiger partial charge in [-0.1, -0.05) is 0 Å². The van der Waals surface area contributed by atoms with Crippen molar-refractivity contribution in [2.75, 3.05) is 26.3 Å². The first kappa shape index (κ1) is 16.5. The Kier molecular flexibility index (Phi) is 4.31. The number of fused-ring (bicyclic) bond motifs is 1. The fourth-order valence-corrected chi connectivity index (χ4v) is 3.48. The largest absolute Gasteiger partial charge is 0.481 e. The molecule has 2 aliphatic rings. The second-order valence-electron chi connectivity index (χ2n) is 6.41. The smallest absolute Gasteiger partial charge is 0.311 e. The van der Waals surface area contributed by atoms with E-state index in [1.165, 1.54) is 23.5 Å². The Balaban J connectivity index is 1.67. The Morgan fingerprint density at radius 2 is 2.25 bits per heavy atom. The number of nitrogens with one attached hydrogen (secondary N) is 1. The predicted molar refractivity (Wildman–Crippen MR) is 81.2 cm³/mol. The van der Waals surface area contributed by atoms with Crippen molar-refractivity contribution in [2.24, 2.45) is 11.3 Å². The van der Waals surface area contributed by atoms with Gasteiger partial charge in [0.25, 0.3) is 5.91 Å². The van der Waals surface area contributed by atoms with Gasteiger partial charge in [-0.15, -0.1) is 0 Å². The first-order valence-electron chi connectivity index (χ1n) is 7.87. The topological polar surface area (TPSA) is 109 Å². The third kappa shape index (κ3) is 2.77. The number of likely N-dealkylation sites (tertiary alicyclic amines) is 1. The number of carbonyl (C=O) groups is 3. The zero-order valence-corrected chi connectivity index (χ0v) is 13.4. The van der Waals surface area contributed by atoms with Crippen molar-refractivity contribution in [1.29, 1.82) is 0 Å². The Bertz CT molecular complexity index is 643. The maximum absolute atomic E-state index is 12.6. The summed E-state index contributed by atoms with van der Waals surface area (Å²) in [6.45, 7) is 2.80. The molecule has 1 unspecified atom stereocenters. The van der Waals surface area contributed by atoms with Crippen LogP contribution >= 0.6 is 0 Å². The Hall–Kier alpha value is -2.35. The molecule has 0 spiro atoms. The molecule has 3 heterocycles. The second-order valence-corrected chi connectivity index (χ2v) is 6.41.